The van der Waals surface area contributed by atoms with Crippen molar-refractivity contribution < 1.29 is 13.2 Å². The van der Waals surface area contributed by atoms with Gasteiger partial charge in [0.1, 0.15) is 0 Å². The monoisotopic (exact) mass is 414 g/mol. The van der Waals surface area contributed by atoms with Gasteiger partial charge in [-0.05, 0) is 63.1 Å². The van der Waals surface area contributed by atoms with Crippen LogP contribution in [0.4, 0.5) is 0 Å². The number of rotatable bonds is 5. The molecular weight excluding hydrogens is 392 g/mol. The standard InChI is InChI=1S/C21H22N2O3S2/c1-14-13-23-19(15(2)22-21(23)27-14)11-12-20(24)16-7-9-18(10-8-16)28(25,26)17-5-3-4-6-17/h7-13,17H,3-6H2,1-2H3/b12-11+. The van der Waals surface area contributed by atoms with Crippen molar-refractivity contribution >= 4 is 38.0 Å². The van der Waals surface area contributed by atoms with E-state index in [1.54, 1.807) is 41.7 Å². The van der Waals surface area contributed by atoms with E-state index in [1.807, 2.05) is 24.4 Å². The first-order valence-corrected chi connectivity index (χ1v) is 11.7. The van der Waals surface area contributed by atoms with Crippen LogP contribution in [-0.2, 0) is 9.84 Å². The maximum absolute atomic E-state index is 12.7. The van der Waals surface area contributed by atoms with Crippen molar-refractivity contribution in [3.63, 3.8) is 0 Å². The number of hydrogen-bond acceptors (Lipinski definition) is 5. The Bertz CT molecular complexity index is 1160. The van der Waals surface area contributed by atoms with Crippen LogP contribution in [0.5, 0.6) is 0 Å². The van der Waals surface area contributed by atoms with E-state index in [2.05, 4.69) is 4.98 Å². The number of carbonyl (C=O) groups excluding carboxylic acids is 1. The Hall–Kier alpha value is -2.25. The molecule has 0 saturated heterocycles. The highest BCUT2D eigenvalue weighted by Crippen LogP contribution is 2.29. The lowest BCUT2D eigenvalue weighted by Gasteiger charge is -2.11. The third-order valence-corrected chi connectivity index (χ3v) is 8.44. The molecular formula is C21H22N2O3S2. The van der Waals surface area contributed by atoms with Crippen LogP contribution >= 0.6 is 11.3 Å². The second kappa shape index (κ2) is 7.29. The lowest BCUT2D eigenvalue weighted by atomic mass is 10.1. The number of fused-ring (bicyclic) bond motifs is 1. The average Bonchev–Trinajstić information content (AvgIpc) is 3.37. The largest absolute Gasteiger partial charge is 0.290 e. The third kappa shape index (κ3) is 3.44. The molecule has 7 heteroatoms. The number of aryl methyl sites for hydroxylation is 2. The Morgan fingerprint density at radius 3 is 2.54 bits per heavy atom. The van der Waals surface area contributed by atoms with E-state index in [0.717, 1.165) is 46.9 Å². The maximum Gasteiger partial charge on any atom is 0.194 e. The normalized spacial score (nSPS) is 15.8. The minimum atomic E-state index is -3.30. The molecule has 1 aliphatic rings. The first kappa shape index (κ1) is 19.1. The first-order valence-electron chi connectivity index (χ1n) is 9.38. The summed E-state index contributed by atoms with van der Waals surface area (Å²) in [5.74, 6) is -0.161. The molecule has 5 nitrogen and oxygen atoms in total. The Balaban J connectivity index is 1.55. The van der Waals surface area contributed by atoms with Crippen LogP contribution in [0.3, 0.4) is 0 Å². The summed E-state index contributed by atoms with van der Waals surface area (Å²) in [6.07, 6.45) is 8.69. The summed E-state index contributed by atoms with van der Waals surface area (Å²) in [5, 5.41) is -0.282. The van der Waals surface area contributed by atoms with E-state index < -0.39 is 9.84 Å². The van der Waals surface area contributed by atoms with Crippen molar-refractivity contribution in [3.8, 4) is 0 Å². The zero-order chi connectivity index (χ0) is 19.9. The molecule has 2 heterocycles. The van der Waals surface area contributed by atoms with Gasteiger partial charge >= 0.3 is 0 Å². The van der Waals surface area contributed by atoms with Gasteiger partial charge in [-0.3, -0.25) is 9.20 Å². The number of aromatic nitrogens is 2. The number of hydrogen-bond donors (Lipinski definition) is 0. The van der Waals surface area contributed by atoms with Crippen LogP contribution < -0.4 is 0 Å². The van der Waals surface area contributed by atoms with Gasteiger partial charge in [0.25, 0.3) is 0 Å². The smallest absolute Gasteiger partial charge is 0.194 e. The van der Waals surface area contributed by atoms with Crippen LogP contribution in [0.25, 0.3) is 11.0 Å². The molecule has 0 unspecified atom stereocenters. The van der Waals surface area contributed by atoms with E-state index in [0.29, 0.717) is 10.5 Å². The number of thiazole rings is 1. The van der Waals surface area contributed by atoms with Gasteiger partial charge in [-0.15, -0.1) is 11.3 Å². The molecule has 1 saturated carbocycles. The zero-order valence-corrected chi connectivity index (χ0v) is 17.5. The molecule has 0 N–H and O–H groups in total. The number of allylic oxidation sites excluding steroid dienone is 1. The van der Waals surface area contributed by atoms with E-state index in [9.17, 15) is 13.2 Å². The van der Waals surface area contributed by atoms with E-state index in [1.165, 1.54) is 6.08 Å². The summed E-state index contributed by atoms with van der Waals surface area (Å²) < 4.78 is 27.3. The molecule has 1 aliphatic carbocycles. The molecule has 0 aliphatic heterocycles. The van der Waals surface area contributed by atoms with Gasteiger partial charge in [0.2, 0.25) is 0 Å². The van der Waals surface area contributed by atoms with Crippen molar-refractivity contribution in [2.24, 2.45) is 0 Å². The quantitative estimate of drug-likeness (QED) is 0.451. The third-order valence-electron chi connectivity index (χ3n) is 5.26. The lowest BCUT2D eigenvalue weighted by molar-refractivity contribution is 0.104. The fourth-order valence-corrected chi connectivity index (χ4v) is 6.46. The van der Waals surface area contributed by atoms with Gasteiger partial charge < -0.3 is 0 Å². The highest BCUT2D eigenvalue weighted by molar-refractivity contribution is 7.92. The van der Waals surface area contributed by atoms with E-state index in [4.69, 9.17) is 0 Å². The second-order valence-corrected chi connectivity index (χ2v) is 10.7. The van der Waals surface area contributed by atoms with Crippen LogP contribution in [0.1, 0.15) is 52.3 Å². The minimum absolute atomic E-state index is 0.161. The first-order chi connectivity index (χ1) is 13.4. The molecule has 0 amide bonds. The van der Waals surface area contributed by atoms with Gasteiger partial charge in [-0.1, -0.05) is 12.8 Å². The van der Waals surface area contributed by atoms with Crippen LogP contribution in [0, 0.1) is 13.8 Å². The van der Waals surface area contributed by atoms with Crippen molar-refractivity contribution in [1.29, 1.82) is 0 Å². The lowest BCUT2D eigenvalue weighted by Crippen LogP contribution is -2.17. The summed E-state index contributed by atoms with van der Waals surface area (Å²) in [6, 6.07) is 6.31. The molecule has 28 heavy (non-hydrogen) atoms. The Morgan fingerprint density at radius 1 is 1.18 bits per heavy atom. The van der Waals surface area contributed by atoms with Crippen LogP contribution in [-0.4, -0.2) is 28.8 Å². The summed E-state index contributed by atoms with van der Waals surface area (Å²) >= 11 is 1.61. The van der Waals surface area contributed by atoms with Gasteiger partial charge in [-0.2, -0.15) is 0 Å². The molecule has 0 radical (unpaired) electrons. The van der Waals surface area contributed by atoms with Crippen molar-refractivity contribution in [2.75, 3.05) is 0 Å². The number of imidazole rings is 1. The fraction of sp³-hybridized carbons (Fsp3) is 0.333. The van der Waals surface area contributed by atoms with Gasteiger partial charge in [-0.25, -0.2) is 13.4 Å². The molecule has 0 bridgehead atoms. The fourth-order valence-electron chi connectivity index (χ4n) is 3.73. The zero-order valence-electron chi connectivity index (χ0n) is 15.9. The Morgan fingerprint density at radius 2 is 1.86 bits per heavy atom. The molecule has 2 aromatic heterocycles. The number of sulfone groups is 1. The molecule has 0 spiro atoms. The highest BCUT2D eigenvalue weighted by atomic mass is 32.2. The molecule has 0 atom stereocenters. The van der Waals surface area contributed by atoms with Crippen LogP contribution in [0.2, 0.25) is 0 Å². The van der Waals surface area contributed by atoms with Gasteiger partial charge in [0.15, 0.2) is 20.6 Å². The predicted octanol–water partition coefficient (Wildman–Crippen LogP) is 4.63. The van der Waals surface area contributed by atoms with Crippen LogP contribution in [0.15, 0.2) is 41.4 Å². The average molecular weight is 415 g/mol. The summed E-state index contributed by atoms with van der Waals surface area (Å²) in [7, 11) is -3.30. The minimum Gasteiger partial charge on any atom is -0.290 e. The van der Waals surface area contributed by atoms with Crippen molar-refractivity contribution in [3.05, 3.63) is 58.4 Å². The SMILES string of the molecule is Cc1cn2c(/C=C/C(=O)c3ccc(S(=O)(=O)C4CCCC4)cc3)c(C)nc2s1. The van der Waals surface area contributed by atoms with E-state index >= 15 is 0 Å². The highest BCUT2D eigenvalue weighted by Gasteiger charge is 2.30. The number of ketones is 1. The number of benzene rings is 1. The van der Waals surface area contributed by atoms with E-state index in [-0.39, 0.29) is 11.0 Å². The van der Waals surface area contributed by atoms with Gasteiger partial charge in [0.05, 0.1) is 21.5 Å². The summed E-state index contributed by atoms with van der Waals surface area (Å²) in [4.78, 5) is 19.4. The Kier molecular flexibility index (Phi) is 4.97. The van der Waals surface area contributed by atoms with Crippen molar-refractivity contribution in [1.82, 2.24) is 9.38 Å². The number of carbonyl (C=O) groups is 1. The summed E-state index contributed by atoms with van der Waals surface area (Å²) in [5.41, 5.74) is 2.22. The number of nitrogens with zero attached hydrogens (tertiary/aromatic N) is 2. The predicted molar refractivity (Wildman–Crippen MR) is 112 cm³/mol. The molecule has 3 aromatic rings. The maximum atomic E-state index is 12.7. The summed E-state index contributed by atoms with van der Waals surface area (Å²) in [6.45, 7) is 3.94. The second-order valence-electron chi connectivity index (χ2n) is 7.25. The van der Waals surface area contributed by atoms with Crippen molar-refractivity contribution in [2.45, 2.75) is 49.7 Å². The molecule has 4 rings (SSSR count). The van der Waals surface area contributed by atoms with Gasteiger partial charge in [0, 0.05) is 16.6 Å². The molecule has 146 valence electrons. The topological polar surface area (TPSA) is 68.5 Å². The Labute approximate surface area is 168 Å². The molecule has 1 aromatic carbocycles. The molecule has 1 fully saturated rings.